The van der Waals surface area contributed by atoms with Crippen molar-refractivity contribution in [2.75, 3.05) is 13.2 Å². The summed E-state index contributed by atoms with van der Waals surface area (Å²) >= 11 is 0. The molecule has 1 amide bonds. The van der Waals surface area contributed by atoms with Crippen LogP contribution in [0.4, 0.5) is 0 Å². The number of benzene rings is 1. The van der Waals surface area contributed by atoms with Crippen LogP contribution in [0.1, 0.15) is 41.7 Å². The number of carbonyl (C=O) groups is 1. The number of rotatable bonds is 3. The Labute approximate surface area is 143 Å². The fourth-order valence-corrected chi connectivity index (χ4v) is 4.02. The van der Waals surface area contributed by atoms with Crippen molar-refractivity contribution in [3.05, 3.63) is 59.9 Å². The first-order chi connectivity index (χ1) is 11.8. The SMILES string of the molecule is O=C(c1cccn1Cc1ccccc1)N1CCO[C@@H]2CCCC[C@@H]21. The van der Waals surface area contributed by atoms with Gasteiger partial charge < -0.3 is 14.2 Å². The summed E-state index contributed by atoms with van der Waals surface area (Å²) in [5.74, 6) is 0.149. The van der Waals surface area contributed by atoms with Crippen LogP contribution >= 0.6 is 0 Å². The van der Waals surface area contributed by atoms with Gasteiger partial charge in [0.2, 0.25) is 0 Å². The molecule has 0 radical (unpaired) electrons. The van der Waals surface area contributed by atoms with E-state index in [1.165, 1.54) is 18.4 Å². The number of nitrogens with zero attached hydrogens (tertiary/aromatic N) is 2. The Bertz CT molecular complexity index is 693. The summed E-state index contributed by atoms with van der Waals surface area (Å²) in [5, 5.41) is 0. The number of hydrogen-bond acceptors (Lipinski definition) is 2. The summed E-state index contributed by atoms with van der Waals surface area (Å²) in [5.41, 5.74) is 1.99. The first-order valence-corrected chi connectivity index (χ1v) is 8.94. The molecule has 4 nitrogen and oxygen atoms in total. The van der Waals surface area contributed by atoms with Crippen molar-refractivity contribution in [2.45, 2.75) is 44.4 Å². The maximum atomic E-state index is 13.2. The second-order valence-corrected chi connectivity index (χ2v) is 6.77. The monoisotopic (exact) mass is 324 g/mol. The standard InChI is InChI=1S/C20H24N2O2/c23-20(22-13-14-24-19-11-5-4-9-17(19)22)18-10-6-12-21(18)15-16-7-2-1-3-8-16/h1-3,6-8,10,12,17,19H,4-5,9,11,13-15H2/t17-,19+/m0/s1. The molecule has 126 valence electrons. The van der Waals surface area contributed by atoms with Crippen LogP contribution in [0.25, 0.3) is 0 Å². The van der Waals surface area contributed by atoms with Crippen molar-refractivity contribution in [2.24, 2.45) is 0 Å². The molecule has 1 aliphatic heterocycles. The molecule has 0 spiro atoms. The molecular formula is C20H24N2O2. The summed E-state index contributed by atoms with van der Waals surface area (Å²) in [6.07, 6.45) is 6.79. The molecule has 2 aliphatic rings. The van der Waals surface area contributed by atoms with E-state index in [0.29, 0.717) is 13.2 Å². The Morgan fingerprint density at radius 3 is 2.79 bits per heavy atom. The summed E-state index contributed by atoms with van der Waals surface area (Å²) in [4.78, 5) is 15.2. The average Bonchev–Trinajstić information content (AvgIpc) is 3.09. The fourth-order valence-electron chi connectivity index (χ4n) is 4.02. The van der Waals surface area contributed by atoms with Gasteiger partial charge in [-0.1, -0.05) is 43.2 Å². The van der Waals surface area contributed by atoms with E-state index in [2.05, 4.69) is 21.6 Å². The second kappa shape index (κ2) is 6.81. The lowest BCUT2D eigenvalue weighted by Crippen LogP contribution is -2.55. The van der Waals surface area contributed by atoms with Gasteiger partial charge in [0, 0.05) is 19.3 Å². The third-order valence-corrected chi connectivity index (χ3v) is 5.24. The minimum Gasteiger partial charge on any atom is -0.374 e. The van der Waals surface area contributed by atoms with E-state index >= 15 is 0 Å². The van der Waals surface area contributed by atoms with Gasteiger partial charge in [-0.25, -0.2) is 0 Å². The van der Waals surface area contributed by atoms with Crippen molar-refractivity contribution < 1.29 is 9.53 Å². The van der Waals surface area contributed by atoms with E-state index in [-0.39, 0.29) is 18.1 Å². The maximum absolute atomic E-state index is 13.2. The molecule has 1 aromatic carbocycles. The van der Waals surface area contributed by atoms with Gasteiger partial charge in [0.1, 0.15) is 5.69 Å². The topological polar surface area (TPSA) is 34.5 Å². The van der Waals surface area contributed by atoms with Gasteiger partial charge in [0.05, 0.1) is 18.8 Å². The third-order valence-electron chi connectivity index (χ3n) is 5.24. The highest BCUT2D eigenvalue weighted by molar-refractivity contribution is 5.93. The lowest BCUT2D eigenvalue weighted by Gasteiger charge is -2.43. The molecule has 4 rings (SSSR count). The summed E-state index contributed by atoms with van der Waals surface area (Å²) < 4.78 is 7.97. The maximum Gasteiger partial charge on any atom is 0.270 e. The van der Waals surface area contributed by atoms with Crippen LogP contribution in [-0.2, 0) is 11.3 Å². The second-order valence-electron chi connectivity index (χ2n) is 6.77. The van der Waals surface area contributed by atoms with Crippen molar-refractivity contribution in [3.63, 3.8) is 0 Å². The van der Waals surface area contributed by atoms with Crippen LogP contribution in [0.3, 0.4) is 0 Å². The summed E-state index contributed by atoms with van der Waals surface area (Å²) in [6.45, 7) is 2.09. The Balaban J connectivity index is 1.55. The normalized spacial score (nSPS) is 23.8. The summed E-state index contributed by atoms with van der Waals surface area (Å²) in [7, 11) is 0. The number of fused-ring (bicyclic) bond motifs is 1. The zero-order valence-corrected chi connectivity index (χ0v) is 13.9. The van der Waals surface area contributed by atoms with Crippen molar-refractivity contribution in [1.29, 1.82) is 0 Å². The molecule has 1 saturated heterocycles. The molecule has 0 N–H and O–H groups in total. The molecular weight excluding hydrogens is 300 g/mol. The smallest absolute Gasteiger partial charge is 0.270 e. The lowest BCUT2D eigenvalue weighted by atomic mass is 9.90. The van der Waals surface area contributed by atoms with E-state index in [1.807, 2.05) is 36.5 Å². The van der Waals surface area contributed by atoms with Gasteiger partial charge in [-0.3, -0.25) is 4.79 Å². The average molecular weight is 324 g/mol. The molecule has 4 heteroatoms. The molecule has 1 saturated carbocycles. The highest BCUT2D eigenvalue weighted by Crippen LogP contribution is 2.29. The molecule has 2 fully saturated rings. The van der Waals surface area contributed by atoms with Crippen LogP contribution in [0, 0.1) is 0 Å². The van der Waals surface area contributed by atoms with E-state index in [0.717, 1.165) is 25.1 Å². The van der Waals surface area contributed by atoms with Crippen LogP contribution in [-0.4, -0.2) is 40.7 Å². The Hall–Kier alpha value is -2.07. The lowest BCUT2D eigenvalue weighted by molar-refractivity contribution is -0.0755. The highest BCUT2D eigenvalue weighted by Gasteiger charge is 2.37. The van der Waals surface area contributed by atoms with Gasteiger partial charge in [-0.2, -0.15) is 0 Å². The molecule has 2 atom stereocenters. The zero-order valence-electron chi connectivity index (χ0n) is 13.9. The van der Waals surface area contributed by atoms with Crippen molar-refractivity contribution >= 4 is 5.91 Å². The Morgan fingerprint density at radius 2 is 1.92 bits per heavy atom. The molecule has 2 heterocycles. The van der Waals surface area contributed by atoms with Gasteiger partial charge in [0.25, 0.3) is 5.91 Å². The molecule has 0 unspecified atom stereocenters. The number of hydrogen-bond donors (Lipinski definition) is 0. The number of ether oxygens (including phenoxy) is 1. The largest absolute Gasteiger partial charge is 0.374 e. The van der Waals surface area contributed by atoms with Crippen LogP contribution in [0.15, 0.2) is 48.7 Å². The first-order valence-electron chi connectivity index (χ1n) is 8.94. The third kappa shape index (κ3) is 2.98. The van der Waals surface area contributed by atoms with Gasteiger partial charge >= 0.3 is 0 Å². The molecule has 1 aromatic heterocycles. The van der Waals surface area contributed by atoms with Gasteiger partial charge in [-0.05, 0) is 30.5 Å². The minimum absolute atomic E-state index is 0.149. The predicted molar refractivity (Wildman–Crippen MR) is 93.0 cm³/mol. The zero-order chi connectivity index (χ0) is 16.4. The van der Waals surface area contributed by atoms with Crippen molar-refractivity contribution in [3.8, 4) is 0 Å². The van der Waals surface area contributed by atoms with E-state index in [1.54, 1.807) is 0 Å². The summed E-state index contributed by atoms with van der Waals surface area (Å²) in [6, 6.07) is 14.4. The quantitative estimate of drug-likeness (QED) is 0.868. The Kier molecular flexibility index (Phi) is 4.39. The number of amides is 1. The first kappa shape index (κ1) is 15.5. The van der Waals surface area contributed by atoms with Crippen molar-refractivity contribution in [1.82, 2.24) is 9.47 Å². The minimum atomic E-state index is 0.149. The Morgan fingerprint density at radius 1 is 1.08 bits per heavy atom. The predicted octanol–water partition coefficient (Wildman–Crippen LogP) is 3.32. The van der Waals surface area contributed by atoms with Crippen LogP contribution in [0.2, 0.25) is 0 Å². The molecule has 1 aliphatic carbocycles. The number of carbonyl (C=O) groups excluding carboxylic acids is 1. The number of aromatic nitrogens is 1. The highest BCUT2D eigenvalue weighted by atomic mass is 16.5. The molecule has 0 bridgehead atoms. The van der Waals surface area contributed by atoms with E-state index < -0.39 is 0 Å². The van der Waals surface area contributed by atoms with Crippen LogP contribution in [0.5, 0.6) is 0 Å². The number of morpholine rings is 1. The fraction of sp³-hybridized carbons (Fsp3) is 0.450. The van der Waals surface area contributed by atoms with E-state index in [4.69, 9.17) is 4.74 Å². The van der Waals surface area contributed by atoms with Gasteiger partial charge in [0.15, 0.2) is 0 Å². The molecule has 24 heavy (non-hydrogen) atoms. The van der Waals surface area contributed by atoms with E-state index in [9.17, 15) is 4.79 Å². The van der Waals surface area contributed by atoms with Gasteiger partial charge in [-0.15, -0.1) is 0 Å². The molecule has 2 aromatic rings. The van der Waals surface area contributed by atoms with Crippen LogP contribution < -0.4 is 0 Å².